The van der Waals surface area contributed by atoms with Crippen molar-refractivity contribution >= 4 is 46.5 Å². The second-order valence-electron chi connectivity index (χ2n) is 11.1. The molecule has 0 bridgehead atoms. The number of methoxy groups -OCH3 is 2. The molecule has 0 saturated heterocycles. The zero-order valence-electron chi connectivity index (χ0n) is 25.3. The Bertz CT molecular complexity index is 1520. The first-order valence-electron chi connectivity index (χ1n) is 14.1. The molecule has 0 atom stereocenters. The Labute approximate surface area is 253 Å². The van der Waals surface area contributed by atoms with Gasteiger partial charge < -0.3 is 19.2 Å². The minimum atomic E-state index is -2.53. The summed E-state index contributed by atoms with van der Waals surface area (Å²) in [5, 5.41) is 3.29. The molecule has 0 aliphatic rings. The minimum Gasteiger partial charge on any atom is -0.469 e. The molecule has 3 aromatic carbocycles. The van der Waals surface area contributed by atoms with Crippen LogP contribution in [0.15, 0.2) is 91.0 Å². The maximum Gasteiger partial charge on any atom is 0.355 e. The highest BCUT2D eigenvalue weighted by atomic mass is 31.2. The van der Waals surface area contributed by atoms with Crippen molar-refractivity contribution < 1.29 is 28.6 Å². The predicted molar refractivity (Wildman–Crippen MR) is 172 cm³/mol. The van der Waals surface area contributed by atoms with E-state index in [9.17, 15) is 14.4 Å². The number of aromatic amines is 1. The Balaban J connectivity index is 2.13. The highest BCUT2D eigenvalue weighted by molar-refractivity contribution is 7.94. The van der Waals surface area contributed by atoms with Gasteiger partial charge in [-0.1, -0.05) is 91.0 Å². The molecule has 0 aliphatic carbocycles. The molecule has 7 nitrogen and oxygen atoms in total. The van der Waals surface area contributed by atoms with Crippen LogP contribution in [0, 0.1) is 0 Å². The molecule has 43 heavy (non-hydrogen) atoms. The number of benzene rings is 3. The number of ether oxygens (including phenoxy) is 3. The molecule has 4 rings (SSSR count). The summed E-state index contributed by atoms with van der Waals surface area (Å²) in [6.45, 7) is 2.85. The maximum absolute atomic E-state index is 13.6. The number of carbonyl (C=O) groups excluding carboxylic acids is 3. The first kappa shape index (κ1) is 31.6. The summed E-state index contributed by atoms with van der Waals surface area (Å²) in [6.07, 6.45) is 0.0932. The zero-order valence-corrected chi connectivity index (χ0v) is 26.2. The van der Waals surface area contributed by atoms with Gasteiger partial charge in [0.2, 0.25) is 0 Å². The number of hydrogen-bond donors (Lipinski definition) is 1. The lowest BCUT2D eigenvalue weighted by atomic mass is 10.0. The van der Waals surface area contributed by atoms with E-state index in [1.54, 1.807) is 20.8 Å². The van der Waals surface area contributed by atoms with Gasteiger partial charge in [-0.25, -0.2) is 4.79 Å². The first-order chi connectivity index (χ1) is 20.6. The molecule has 224 valence electrons. The van der Waals surface area contributed by atoms with Crippen LogP contribution in [0.1, 0.15) is 54.5 Å². The summed E-state index contributed by atoms with van der Waals surface area (Å²) in [4.78, 5) is 42.0. The van der Waals surface area contributed by atoms with Crippen molar-refractivity contribution in [3.8, 4) is 0 Å². The Hall–Kier alpha value is -4.35. The monoisotopic (exact) mass is 599 g/mol. The Morgan fingerprint density at radius 2 is 1.19 bits per heavy atom. The van der Waals surface area contributed by atoms with Crippen molar-refractivity contribution in [1.82, 2.24) is 4.98 Å². The van der Waals surface area contributed by atoms with Crippen LogP contribution >= 0.6 is 6.89 Å². The molecule has 1 N–H and O–H groups in total. The molecule has 4 aromatic rings. The fraction of sp³-hybridized carbons (Fsp3) is 0.257. The van der Waals surface area contributed by atoms with E-state index in [1.165, 1.54) is 14.2 Å². The van der Waals surface area contributed by atoms with Crippen LogP contribution in [0.2, 0.25) is 0 Å². The molecule has 1 aromatic heterocycles. The highest BCUT2D eigenvalue weighted by Gasteiger charge is 2.31. The standard InChI is InChI=1S/C35H38NO6P/c1-35(2,3)42-34(39)33-28(21-22-31(37)40-4)29(23-32(38)41-5)30(36-33)24-43(25-15-9-6-10-16-25,26-17-11-7-12-18-26)27-19-13-8-14-20-27/h6-20,24,36H,21-23H2,1-5H3. The SMILES string of the molecule is COC(=O)CCc1c(C(=O)OC(C)(C)C)[nH]c(C=P(c2ccccc2)(c2ccccc2)c2ccccc2)c1CC(=O)OC. The summed E-state index contributed by atoms with van der Waals surface area (Å²) >= 11 is 0. The van der Waals surface area contributed by atoms with Gasteiger partial charge in [0, 0.05) is 12.1 Å². The van der Waals surface area contributed by atoms with Gasteiger partial charge in [0.1, 0.15) is 11.3 Å². The van der Waals surface area contributed by atoms with Gasteiger partial charge >= 0.3 is 17.9 Å². The number of carbonyl (C=O) groups is 3. The van der Waals surface area contributed by atoms with E-state index in [4.69, 9.17) is 14.2 Å². The second-order valence-corrected chi connectivity index (χ2v) is 14.3. The van der Waals surface area contributed by atoms with Crippen molar-refractivity contribution in [3.63, 3.8) is 0 Å². The molecule has 0 saturated carbocycles. The van der Waals surface area contributed by atoms with Crippen LogP contribution in [-0.2, 0) is 36.6 Å². The lowest BCUT2D eigenvalue weighted by Gasteiger charge is -2.29. The molecule has 0 fully saturated rings. The second kappa shape index (κ2) is 13.7. The quantitative estimate of drug-likeness (QED) is 0.158. The third kappa shape index (κ3) is 7.36. The van der Waals surface area contributed by atoms with Crippen molar-refractivity contribution in [2.24, 2.45) is 0 Å². The van der Waals surface area contributed by atoms with Gasteiger partial charge in [-0.2, -0.15) is 0 Å². The Morgan fingerprint density at radius 3 is 1.60 bits per heavy atom. The summed E-state index contributed by atoms with van der Waals surface area (Å²) in [5.74, 6) is 0.708. The molecule has 1 heterocycles. The summed E-state index contributed by atoms with van der Waals surface area (Å²) in [5.41, 5.74) is 1.17. The van der Waals surface area contributed by atoms with Crippen molar-refractivity contribution in [2.45, 2.75) is 45.6 Å². The van der Waals surface area contributed by atoms with Gasteiger partial charge in [0.25, 0.3) is 0 Å². The number of hydrogen-bond acceptors (Lipinski definition) is 6. The van der Waals surface area contributed by atoms with E-state index in [0.717, 1.165) is 15.9 Å². The Morgan fingerprint density at radius 1 is 0.721 bits per heavy atom. The third-order valence-corrected chi connectivity index (χ3v) is 11.0. The van der Waals surface area contributed by atoms with Gasteiger partial charge in [0.15, 0.2) is 0 Å². The van der Waals surface area contributed by atoms with Gasteiger partial charge in [-0.05, 0) is 66.9 Å². The first-order valence-corrected chi connectivity index (χ1v) is 16.0. The van der Waals surface area contributed by atoms with Gasteiger partial charge in [0.05, 0.1) is 20.6 Å². The highest BCUT2D eigenvalue weighted by Crippen LogP contribution is 2.45. The summed E-state index contributed by atoms with van der Waals surface area (Å²) in [6, 6.07) is 30.7. The van der Waals surface area contributed by atoms with Crippen molar-refractivity contribution in [3.05, 3.63) is 114 Å². The summed E-state index contributed by atoms with van der Waals surface area (Å²) < 4.78 is 15.8. The van der Waals surface area contributed by atoms with Crippen molar-refractivity contribution in [1.29, 1.82) is 0 Å². The normalized spacial score (nSPS) is 11.5. The summed E-state index contributed by atoms with van der Waals surface area (Å²) in [7, 11) is 2.65. The average Bonchev–Trinajstić information content (AvgIpc) is 3.35. The van der Waals surface area contributed by atoms with Crippen LogP contribution in [0.25, 0.3) is 0 Å². The number of esters is 3. The lowest BCUT2D eigenvalue weighted by Crippen LogP contribution is -2.27. The largest absolute Gasteiger partial charge is 0.469 e. The van der Waals surface area contributed by atoms with E-state index in [2.05, 4.69) is 47.2 Å². The maximum atomic E-state index is 13.6. The van der Waals surface area contributed by atoms with Crippen molar-refractivity contribution in [2.75, 3.05) is 14.2 Å². The van der Waals surface area contributed by atoms with E-state index in [0.29, 0.717) is 16.8 Å². The van der Waals surface area contributed by atoms with Crippen LogP contribution in [-0.4, -0.2) is 48.5 Å². The van der Waals surface area contributed by atoms with E-state index < -0.39 is 30.4 Å². The molecular formula is C35H38NO6P. The minimum absolute atomic E-state index is 0.0219. The molecule has 0 amide bonds. The fourth-order valence-electron chi connectivity index (χ4n) is 5.09. The molecule has 0 spiro atoms. The van der Waals surface area contributed by atoms with Gasteiger partial charge in [-0.3, -0.25) is 9.59 Å². The number of aromatic nitrogens is 1. The van der Waals surface area contributed by atoms with Crippen LogP contribution in [0.3, 0.4) is 0 Å². The lowest BCUT2D eigenvalue weighted by molar-refractivity contribution is -0.140. The van der Waals surface area contributed by atoms with Crippen LogP contribution < -0.4 is 15.9 Å². The van der Waals surface area contributed by atoms with Crippen LogP contribution in [0.4, 0.5) is 0 Å². The number of H-pyrrole nitrogens is 1. The molecule has 0 unspecified atom stereocenters. The Kier molecular flexibility index (Phi) is 10.1. The molecular weight excluding hydrogens is 561 g/mol. The topological polar surface area (TPSA) is 94.7 Å². The van der Waals surface area contributed by atoms with Gasteiger partial charge in [-0.15, -0.1) is 0 Å². The van der Waals surface area contributed by atoms with Crippen LogP contribution in [0.5, 0.6) is 0 Å². The number of rotatable bonds is 10. The predicted octanol–water partition coefficient (Wildman–Crippen LogP) is 4.94. The van der Waals surface area contributed by atoms with E-state index in [-0.39, 0.29) is 25.0 Å². The molecule has 8 heteroatoms. The number of nitrogens with one attached hydrogen (secondary N) is 1. The molecule has 0 aliphatic heterocycles. The molecule has 0 radical (unpaired) electrons. The fourth-order valence-corrected chi connectivity index (χ4v) is 8.97. The zero-order chi connectivity index (χ0) is 31.0. The van der Waals surface area contributed by atoms with E-state index in [1.807, 2.05) is 54.6 Å². The third-order valence-electron chi connectivity index (χ3n) is 7.02. The van der Waals surface area contributed by atoms with E-state index >= 15 is 0 Å². The smallest absolute Gasteiger partial charge is 0.355 e. The average molecular weight is 600 g/mol.